The standard InChI is InChI=1S/C31H28Cl2NO6P/c1-19-5-2-6-20(13-19)16-28(31(38)39)34-30(37)29-26(32)14-21(15-27(29)33)11-12-41(40,24-9-3-7-22(35)17-24)25-10-4-8-23(36)18-25/h2-10,13-15,17-18,28,35-36H,11-12,16H2,1H3,(H,34,37)(H,38,39)/t28-/m0/s1. The number of benzene rings is 4. The van der Waals surface area contributed by atoms with Gasteiger partial charge in [-0.3, -0.25) is 4.79 Å². The van der Waals surface area contributed by atoms with Gasteiger partial charge in [-0.05, 0) is 60.9 Å². The second kappa shape index (κ2) is 12.8. The number of phenols is 2. The van der Waals surface area contributed by atoms with E-state index in [0.717, 1.165) is 11.1 Å². The summed E-state index contributed by atoms with van der Waals surface area (Å²) in [5.41, 5.74) is 2.27. The van der Waals surface area contributed by atoms with E-state index in [0.29, 0.717) is 16.2 Å². The van der Waals surface area contributed by atoms with Crippen LogP contribution in [0.5, 0.6) is 11.5 Å². The highest BCUT2D eigenvalue weighted by Gasteiger charge is 2.29. The molecule has 0 saturated heterocycles. The predicted molar refractivity (Wildman–Crippen MR) is 162 cm³/mol. The van der Waals surface area contributed by atoms with Crippen LogP contribution in [0.1, 0.15) is 27.0 Å². The highest BCUT2D eigenvalue weighted by molar-refractivity contribution is 7.78. The number of rotatable bonds is 10. The molecular formula is C31H28Cl2NO6P. The van der Waals surface area contributed by atoms with E-state index >= 15 is 0 Å². The minimum absolute atomic E-state index is 0.0224. The molecule has 0 spiro atoms. The Morgan fingerprint density at radius 2 is 1.39 bits per heavy atom. The normalized spacial score (nSPS) is 12.1. The average Bonchev–Trinajstić information content (AvgIpc) is 2.91. The maximum atomic E-state index is 14.4. The number of carbonyl (C=O) groups is 2. The summed E-state index contributed by atoms with van der Waals surface area (Å²) in [7, 11) is -3.32. The molecule has 4 N–H and O–H groups in total. The van der Waals surface area contributed by atoms with Gasteiger partial charge in [0.25, 0.3) is 5.91 Å². The summed E-state index contributed by atoms with van der Waals surface area (Å²) in [5, 5.41) is 33.2. The molecule has 41 heavy (non-hydrogen) atoms. The zero-order chi connectivity index (χ0) is 29.7. The quantitative estimate of drug-likeness (QED) is 0.171. The predicted octanol–water partition coefficient (Wildman–Crippen LogP) is 5.70. The topological polar surface area (TPSA) is 124 Å². The number of nitrogens with one attached hydrogen (secondary N) is 1. The van der Waals surface area contributed by atoms with Crippen molar-refractivity contribution in [3.63, 3.8) is 0 Å². The van der Waals surface area contributed by atoms with Gasteiger partial charge in [-0.15, -0.1) is 0 Å². The van der Waals surface area contributed by atoms with E-state index in [1.807, 2.05) is 25.1 Å². The molecule has 0 saturated carbocycles. The SMILES string of the molecule is Cc1cccc(C[C@H](NC(=O)c2c(Cl)cc(CCP(=O)(c3cccc(O)c3)c3cccc(O)c3)cc2Cl)C(=O)O)c1. The van der Waals surface area contributed by atoms with Gasteiger partial charge in [0, 0.05) is 23.2 Å². The molecule has 0 unspecified atom stereocenters. The summed E-state index contributed by atoms with van der Waals surface area (Å²) in [4.78, 5) is 25.0. The third kappa shape index (κ3) is 7.31. The van der Waals surface area contributed by atoms with Crippen LogP contribution in [0.3, 0.4) is 0 Å². The van der Waals surface area contributed by atoms with Crippen LogP contribution in [-0.4, -0.2) is 39.4 Å². The first-order valence-electron chi connectivity index (χ1n) is 12.7. The van der Waals surface area contributed by atoms with Crippen LogP contribution in [0, 0.1) is 6.92 Å². The van der Waals surface area contributed by atoms with Gasteiger partial charge in [0.1, 0.15) is 24.7 Å². The van der Waals surface area contributed by atoms with Crippen molar-refractivity contribution in [2.24, 2.45) is 0 Å². The molecule has 0 aliphatic carbocycles. The second-order valence-electron chi connectivity index (χ2n) is 9.74. The van der Waals surface area contributed by atoms with E-state index in [2.05, 4.69) is 5.32 Å². The fourth-order valence-corrected chi connectivity index (χ4v) is 8.05. The number of hydrogen-bond donors (Lipinski definition) is 4. The molecule has 0 aromatic heterocycles. The van der Waals surface area contributed by atoms with Crippen LogP contribution in [-0.2, 0) is 22.2 Å². The molecule has 7 nitrogen and oxygen atoms in total. The van der Waals surface area contributed by atoms with Gasteiger partial charge in [-0.2, -0.15) is 0 Å². The lowest BCUT2D eigenvalue weighted by Crippen LogP contribution is -2.42. The first-order valence-corrected chi connectivity index (χ1v) is 15.4. The summed E-state index contributed by atoms with van der Waals surface area (Å²) in [5.74, 6) is -1.99. The van der Waals surface area contributed by atoms with Crippen molar-refractivity contribution in [3.8, 4) is 11.5 Å². The average molecular weight is 612 g/mol. The van der Waals surface area contributed by atoms with Gasteiger partial charge < -0.3 is 25.2 Å². The third-order valence-electron chi connectivity index (χ3n) is 6.66. The molecule has 0 heterocycles. The van der Waals surface area contributed by atoms with E-state index in [4.69, 9.17) is 23.2 Å². The fraction of sp³-hybridized carbons (Fsp3) is 0.161. The zero-order valence-electron chi connectivity index (χ0n) is 22.1. The summed E-state index contributed by atoms with van der Waals surface area (Å²) >= 11 is 12.9. The zero-order valence-corrected chi connectivity index (χ0v) is 24.5. The first-order chi connectivity index (χ1) is 19.5. The second-order valence-corrected chi connectivity index (χ2v) is 13.5. The van der Waals surface area contributed by atoms with Crippen LogP contribution >= 0.6 is 30.3 Å². The maximum Gasteiger partial charge on any atom is 0.326 e. The third-order valence-corrected chi connectivity index (χ3v) is 10.3. The summed E-state index contributed by atoms with van der Waals surface area (Å²) < 4.78 is 14.4. The number of aliphatic carboxylic acids is 1. The number of phenolic OH excluding ortho intramolecular Hbond substituents is 2. The number of aromatic hydroxyl groups is 2. The minimum Gasteiger partial charge on any atom is -0.508 e. The van der Waals surface area contributed by atoms with Crippen LogP contribution < -0.4 is 15.9 Å². The van der Waals surface area contributed by atoms with Gasteiger partial charge in [-0.1, -0.05) is 77.3 Å². The van der Waals surface area contributed by atoms with Crippen molar-refractivity contribution < 1.29 is 29.5 Å². The smallest absolute Gasteiger partial charge is 0.326 e. The van der Waals surface area contributed by atoms with Gasteiger partial charge in [0.05, 0.1) is 15.6 Å². The van der Waals surface area contributed by atoms with Crippen molar-refractivity contribution in [1.29, 1.82) is 0 Å². The molecule has 1 amide bonds. The fourth-order valence-electron chi connectivity index (χ4n) is 4.62. The molecule has 0 radical (unpaired) electrons. The maximum absolute atomic E-state index is 14.4. The van der Waals surface area contributed by atoms with Crippen LogP contribution in [0.4, 0.5) is 0 Å². The Labute approximate surface area is 247 Å². The number of aryl methyl sites for hydroxylation is 2. The lowest BCUT2D eigenvalue weighted by molar-refractivity contribution is -0.139. The Kier molecular flexibility index (Phi) is 9.44. The molecule has 0 aliphatic heterocycles. The highest BCUT2D eigenvalue weighted by Crippen LogP contribution is 2.45. The molecular weight excluding hydrogens is 584 g/mol. The van der Waals surface area contributed by atoms with Gasteiger partial charge in [0.15, 0.2) is 0 Å². The van der Waals surface area contributed by atoms with Crippen molar-refractivity contribution in [1.82, 2.24) is 5.32 Å². The van der Waals surface area contributed by atoms with Crippen molar-refractivity contribution in [3.05, 3.63) is 117 Å². The summed E-state index contributed by atoms with van der Waals surface area (Å²) in [6.07, 6.45) is 0.445. The van der Waals surface area contributed by atoms with Crippen molar-refractivity contribution >= 4 is 52.8 Å². The van der Waals surface area contributed by atoms with E-state index < -0.39 is 25.1 Å². The Hall–Kier alpha value is -3.77. The molecule has 0 fully saturated rings. The molecule has 0 aliphatic rings. The van der Waals surface area contributed by atoms with Gasteiger partial charge >= 0.3 is 5.97 Å². The van der Waals surface area contributed by atoms with E-state index in [1.54, 1.807) is 30.3 Å². The van der Waals surface area contributed by atoms with Gasteiger partial charge in [-0.25, -0.2) is 4.79 Å². The number of carboxylic acid groups (broad SMARTS) is 1. The number of carboxylic acids is 1. The molecule has 212 valence electrons. The van der Waals surface area contributed by atoms with Crippen molar-refractivity contribution in [2.45, 2.75) is 25.8 Å². The molecule has 4 aromatic carbocycles. The molecule has 1 atom stereocenters. The molecule has 4 rings (SSSR count). The van der Waals surface area contributed by atoms with Crippen LogP contribution in [0.15, 0.2) is 84.9 Å². The first kappa shape index (κ1) is 30.2. The van der Waals surface area contributed by atoms with E-state index in [1.165, 1.54) is 36.4 Å². The Bertz CT molecular complexity index is 1580. The monoisotopic (exact) mass is 611 g/mol. The molecule has 0 bridgehead atoms. The van der Waals surface area contributed by atoms with Crippen molar-refractivity contribution in [2.75, 3.05) is 6.16 Å². The highest BCUT2D eigenvalue weighted by atomic mass is 35.5. The number of carbonyl (C=O) groups excluding carboxylic acids is 1. The largest absolute Gasteiger partial charge is 0.508 e. The van der Waals surface area contributed by atoms with Crippen LogP contribution in [0.25, 0.3) is 0 Å². The Morgan fingerprint density at radius 3 is 1.90 bits per heavy atom. The Morgan fingerprint density at radius 1 is 0.829 bits per heavy atom. The number of amides is 1. The number of halogens is 2. The summed E-state index contributed by atoms with van der Waals surface area (Å²) in [6.45, 7) is 1.89. The Balaban J connectivity index is 1.57. The lowest BCUT2D eigenvalue weighted by Gasteiger charge is -2.20. The minimum atomic E-state index is -3.32. The van der Waals surface area contributed by atoms with E-state index in [-0.39, 0.29) is 46.1 Å². The number of hydrogen-bond acceptors (Lipinski definition) is 5. The van der Waals surface area contributed by atoms with Crippen LogP contribution in [0.2, 0.25) is 10.0 Å². The molecule has 10 heteroatoms. The lowest BCUT2D eigenvalue weighted by atomic mass is 10.0. The molecule has 4 aromatic rings. The van der Waals surface area contributed by atoms with Gasteiger partial charge in [0.2, 0.25) is 0 Å². The van der Waals surface area contributed by atoms with E-state index in [9.17, 15) is 29.5 Å². The summed E-state index contributed by atoms with van der Waals surface area (Å²) in [6, 6.07) is 21.6.